The molecule has 0 unspecified atom stereocenters. The van der Waals surface area contributed by atoms with Gasteiger partial charge in [0.1, 0.15) is 4.99 Å². The second kappa shape index (κ2) is 5.05. The zero-order valence-electron chi connectivity index (χ0n) is 8.51. The summed E-state index contributed by atoms with van der Waals surface area (Å²) in [5, 5.41) is 0. The summed E-state index contributed by atoms with van der Waals surface area (Å²) in [5.74, 6) is 0. The molecule has 0 bridgehead atoms. The molecule has 98 valence electrons. The van der Waals surface area contributed by atoms with Gasteiger partial charge in [0.05, 0.1) is 0 Å². The summed E-state index contributed by atoms with van der Waals surface area (Å²) in [6, 6.07) is 6.95. The van der Waals surface area contributed by atoms with Crippen LogP contribution >= 0.6 is 12.2 Å². The quantitative estimate of drug-likeness (QED) is 0.432. The SMILES string of the molecule is FC(F)(F)C(=NC(=S)c1ccccc1)C(F)(F)F. The number of rotatable bonds is 1. The highest BCUT2D eigenvalue weighted by Crippen LogP contribution is 2.30. The van der Waals surface area contributed by atoms with E-state index in [9.17, 15) is 26.3 Å². The van der Waals surface area contributed by atoms with Gasteiger partial charge in [-0.1, -0.05) is 42.5 Å². The maximum atomic E-state index is 12.2. The van der Waals surface area contributed by atoms with Crippen LogP contribution in [0, 0.1) is 0 Å². The minimum atomic E-state index is -5.60. The van der Waals surface area contributed by atoms with Gasteiger partial charge in [0, 0.05) is 5.56 Å². The van der Waals surface area contributed by atoms with Crippen molar-refractivity contribution >= 4 is 22.9 Å². The predicted molar refractivity (Wildman–Crippen MR) is 57.7 cm³/mol. The first-order valence-electron chi connectivity index (χ1n) is 4.45. The van der Waals surface area contributed by atoms with Gasteiger partial charge in [0.2, 0.25) is 5.71 Å². The van der Waals surface area contributed by atoms with Gasteiger partial charge in [0.25, 0.3) is 0 Å². The smallest absolute Gasteiger partial charge is 0.227 e. The number of alkyl halides is 6. The summed E-state index contributed by atoms with van der Waals surface area (Å²) < 4.78 is 73.1. The Morgan fingerprint density at radius 2 is 1.33 bits per heavy atom. The lowest BCUT2D eigenvalue weighted by molar-refractivity contribution is -0.117. The molecule has 0 heterocycles. The van der Waals surface area contributed by atoms with Gasteiger partial charge in [-0.05, 0) is 0 Å². The molecule has 8 heteroatoms. The van der Waals surface area contributed by atoms with Gasteiger partial charge in [-0.15, -0.1) is 0 Å². The number of nitrogens with zero attached hydrogens (tertiary/aromatic N) is 1. The Bertz CT molecular complexity index is 443. The minimum Gasteiger partial charge on any atom is -0.227 e. The summed E-state index contributed by atoms with van der Waals surface area (Å²) in [5.41, 5.74) is -2.85. The van der Waals surface area contributed by atoms with E-state index in [1.165, 1.54) is 24.3 Å². The fraction of sp³-hybridized carbons (Fsp3) is 0.200. The van der Waals surface area contributed by atoms with Crippen LogP contribution in [0.15, 0.2) is 35.3 Å². The number of thiocarbonyl (C=S) groups is 1. The van der Waals surface area contributed by atoms with E-state index in [2.05, 4.69) is 17.2 Å². The molecular weight excluding hydrogens is 280 g/mol. The molecule has 0 fully saturated rings. The maximum Gasteiger partial charge on any atom is 0.438 e. The van der Waals surface area contributed by atoms with Crippen molar-refractivity contribution in [2.75, 3.05) is 0 Å². The molecule has 0 saturated carbocycles. The van der Waals surface area contributed by atoms with Gasteiger partial charge in [-0.2, -0.15) is 26.3 Å². The molecule has 0 aliphatic heterocycles. The van der Waals surface area contributed by atoms with E-state index in [0.717, 1.165) is 0 Å². The lowest BCUT2D eigenvalue weighted by atomic mass is 10.2. The Kier molecular flexibility index (Phi) is 4.10. The Morgan fingerprint density at radius 1 is 0.889 bits per heavy atom. The second-order valence-electron chi connectivity index (χ2n) is 3.13. The molecule has 0 aliphatic rings. The Labute approximate surface area is 103 Å². The molecule has 0 aromatic heterocycles. The molecule has 1 aromatic rings. The predicted octanol–water partition coefficient (Wildman–Crippen LogP) is 3.93. The molecule has 0 saturated heterocycles. The molecular formula is C10H5F6NS. The van der Waals surface area contributed by atoms with Gasteiger partial charge in [-0.25, -0.2) is 4.99 Å². The van der Waals surface area contributed by atoms with E-state index in [1.807, 2.05) is 0 Å². The van der Waals surface area contributed by atoms with Gasteiger partial charge < -0.3 is 0 Å². The van der Waals surface area contributed by atoms with Crippen molar-refractivity contribution in [2.24, 2.45) is 4.99 Å². The number of hydrogen-bond acceptors (Lipinski definition) is 1. The summed E-state index contributed by atoms with van der Waals surface area (Å²) in [6.07, 6.45) is -11.2. The van der Waals surface area contributed by atoms with Crippen LogP contribution < -0.4 is 0 Å². The fourth-order valence-electron chi connectivity index (χ4n) is 1.03. The Hall–Kier alpha value is -1.44. The molecule has 18 heavy (non-hydrogen) atoms. The molecule has 0 spiro atoms. The van der Waals surface area contributed by atoms with Crippen molar-refractivity contribution in [3.8, 4) is 0 Å². The third-order valence-electron chi connectivity index (χ3n) is 1.77. The molecule has 0 aliphatic carbocycles. The van der Waals surface area contributed by atoms with E-state index in [0.29, 0.717) is 0 Å². The summed E-state index contributed by atoms with van der Waals surface area (Å²) in [7, 11) is 0. The average molecular weight is 285 g/mol. The highest BCUT2D eigenvalue weighted by molar-refractivity contribution is 7.80. The molecule has 0 atom stereocenters. The van der Waals surface area contributed by atoms with Crippen LogP contribution in [0.4, 0.5) is 26.3 Å². The van der Waals surface area contributed by atoms with Crippen molar-refractivity contribution < 1.29 is 26.3 Å². The highest BCUT2D eigenvalue weighted by Gasteiger charge is 2.53. The van der Waals surface area contributed by atoms with Crippen LogP contribution in [0.1, 0.15) is 5.56 Å². The molecule has 1 aromatic carbocycles. The van der Waals surface area contributed by atoms with Crippen LogP contribution in [0.2, 0.25) is 0 Å². The van der Waals surface area contributed by atoms with Crippen LogP contribution in [0.5, 0.6) is 0 Å². The molecule has 0 amide bonds. The lowest BCUT2D eigenvalue weighted by Crippen LogP contribution is -2.37. The van der Waals surface area contributed by atoms with E-state index in [-0.39, 0.29) is 5.56 Å². The zero-order chi connectivity index (χ0) is 14.0. The van der Waals surface area contributed by atoms with Gasteiger partial charge >= 0.3 is 12.4 Å². The third-order valence-corrected chi connectivity index (χ3v) is 2.10. The zero-order valence-corrected chi connectivity index (χ0v) is 9.33. The number of halogens is 6. The van der Waals surface area contributed by atoms with Crippen molar-refractivity contribution in [3.63, 3.8) is 0 Å². The maximum absolute atomic E-state index is 12.2. The molecule has 1 nitrogen and oxygen atoms in total. The normalized spacial score (nSPS) is 12.1. The summed E-state index contributed by atoms with van der Waals surface area (Å²) in [4.78, 5) is 1.72. The Morgan fingerprint density at radius 3 is 1.72 bits per heavy atom. The van der Waals surface area contributed by atoms with Crippen LogP contribution in [0.25, 0.3) is 0 Å². The van der Waals surface area contributed by atoms with E-state index < -0.39 is 23.1 Å². The van der Waals surface area contributed by atoms with Crippen molar-refractivity contribution in [3.05, 3.63) is 35.9 Å². The van der Waals surface area contributed by atoms with Crippen LogP contribution in [-0.2, 0) is 0 Å². The topological polar surface area (TPSA) is 12.4 Å². The van der Waals surface area contributed by atoms with Crippen molar-refractivity contribution in [1.29, 1.82) is 0 Å². The number of hydrogen-bond donors (Lipinski definition) is 0. The summed E-state index contributed by atoms with van der Waals surface area (Å²) in [6.45, 7) is 0. The first-order chi connectivity index (χ1) is 8.12. The van der Waals surface area contributed by atoms with E-state index in [1.54, 1.807) is 6.07 Å². The van der Waals surface area contributed by atoms with E-state index >= 15 is 0 Å². The molecule has 0 N–H and O–H groups in total. The minimum absolute atomic E-state index is 0.0125. The second-order valence-corrected chi connectivity index (χ2v) is 3.51. The monoisotopic (exact) mass is 285 g/mol. The van der Waals surface area contributed by atoms with Crippen molar-refractivity contribution in [1.82, 2.24) is 0 Å². The summed E-state index contributed by atoms with van der Waals surface area (Å²) >= 11 is 4.45. The largest absolute Gasteiger partial charge is 0.438 e. The van der Waals surface area contributed by atoms with Crippen molar-refractivity contribution in [2.45, 2.75) is 12.4 Å². The first-order valence-corrected chi connectivity index (χ1v) is 4.85. The highest BCUT2D eigenvalue weighted by atomic mass is 32.1. The van der Waals surface area contributed by atoms with E-state index in [4.69, 9.17) is 0 Å². The third kappa shape index (κ3) is 3.80. The van der Waals surface area contributed by atoms with Gasteiger partial charge in [-0.3, -0.25) is 0 Å². The lowest BCUT2D eigenvalue weighted by Gasteiger charge is -2.13. The van der Waals surface area contributed by atoms with Crippen LogP contribution in [-0.4, -0.2) is 23.1 Å². The number of aliphatic imine (C=N–C) groups is 1. The first kappa shape index (κ1) is 14.6. The molecule has 0 radical (unpaired) electrons. The standard InChI is InChI=1S/C10H5F6NS/c11-9(12,13)8(10(14,15)16)17-7(18)6-4-2-1-3-5-6/h1-5H. The van der Waals surface area contributed by atoms with Gasteiger partial charge in [0.15, 0.2) is 0 Å². The Balaban J connectivity index is 3.16. The number of benzene rings is 1. The fourth-order valence-corrected chi connectivity index (χ4v) is 1.26. The van der Waals surface area contributed by atoms with Crippen LogP contribution in [0.3, 0.4) is 0 Å². The average Bonchev–Trinajstić information content (AvgIpc) is 2.23. The molecule has 1 rings (SSSR count).